The van der Waals surface area contributed by atoms with Gasteiger partial charge in [0.1, 0.15) is 0 Å². The molecule has 0 aliphatic heterocycles. The van der Waals surface area contributed by atoms with Gasteiger partial charge in [-0.2, -0.15) is 0 Å². The van der Waals surface area contributed by atoms with Crippen LogP contribution < -0.4 is 5.73 Å². The highest BCUT2D eigenvalue weighted by Crippen LogP contribution is 2.18. The van der Waals surface area contributed by atoms with Gasteiger partial charge in [-0.15, -0.1) is 0 Å². The number of halogens is 1. The van der Waals surface area contributed by atoms with E-state index in [-0.39, 0.29) is 0 Å². The molecule has 3 heteroatoms. The van der Waals surface area contributed by atoms with Gasteiger partial charge in [0.25, 0.3) is 0 Å². The fraction of sp³-hybridized carbons (Fsp3) is 0.500. The number of hydrogen-bond donors (Lipinski definition) is 1. The Hall–Kier alpha value is -0.410. The molecule has 1 aromatic rings. The van der Waals surface area contributed by atoms with E-state index in [0.29, 0.717) is 12.5 Å². The molecule has 0 fully saturated rings. The van der Waals surface area contributed by atoms with Gasteiger partial charge in [-0.05, 0) is 39.9 Å². The van der Waals surface area contributed by atoms with E-state index in [0.717, 1.165) is 22.2 Å². The van der Waals surface area contributed by atoms with Crippen LogP contribution >= 0.6 is 15.9 Å². The quantitative estimate of drug-likeness (QED) is 0.885. The standard InChI is InChI=1S/C10H15BrN2/c1-7(2)3-10-9(11)4-8(5-12)6-13-10/h4,6-7H,3,5,12H2,1-2H3. The zero-order valence-electron chi connectivity index (χ0n) is 8.05. The summed E-state index contributed by atoms with van der Waals surface area (Å²) in [6, 6.07) is 2.05. The molecule has 0 saturated heterocycles. The van der Waals surface area contributed by atoms with Crippen molar-refractivity contribution in [2.24, 2.45) is 11.7 Å². The van der Waals surface area contributed by atoms with Crippen LogP contribution in [-0.4, -0.2) is 4.98 Å². The molecule has 0 aliphatic rings. The van der Waals surface area contributed by atoms with E-state index in [4.69, 9.17) is 5.73 Å². The summed E-state index contributed by atoms with van der Waals surface area (Å²) in [6.45, 7) is 4.92. The van der Waals surface area contributed by atoms with E-state index >= 15 is 0 Å². The van der Waals surface area contributed by atoms with Crippen LogP contribution in [0.4, 0.5) is 0 Å². The molecular weight excluding hydrogens is 228 g/mol. The lowest BCUT2D eigenvalue weighted by Crippen LogP contribution is -2.02. The number of hydrogen-bond acceptors (Lipinski definition) is 2. The van der Waals surface area contributed by atoms with E-state index < -0.39 is 0 Å². The number of nitrogens with zero attached hydrogens (tertiary/aromatic N) is 1. The van der Waals surface area contributed by atoms with Gasteiger partial charge < -0.3 is 5.73 Å². The predicted octanol–water partition coefficient (Wildman–Crippen LogP) is 2.50. The van der Waals surface area contributed by atoms with Crippen LogP contribution in [0.3, 0.4) is 0 Å². The van der Waals surface area contributed by atoms with E-state index in [1.165, 1.54) is 0 Å². The average molecular weight is 243 g/mol. The van der Waals surface area contributed by atoms with Crippen molar-refractivity contribution >= 4 is 15.9 Å². The first kappa shape index (κ1) is 10.7. The van der Waals surface area contributed by atoms with Crippen molar-refractivity contribution in [3.8, 4) is 0 Å². The van der Waals surface area contributed by atoms with Crippen LogP contribution in [0.2, 0.25) is 0 Å². The zero-order valence-corrected chi connectivity index (χ0v) is 9.63. The molecule has 72 valence electrons. The Balaban J connectivity index is 2.85. The molecule has 0 spiro atoms. The second-order valence-electron chi connectivity index (χ2n) is 3.57. The number of nitrogens with two attached hydrogens (primary N) is 1. The topological polar surface area (TPSA) is 38.9 Å². The van der Waals surface area contributed by atoms with Crippen molar-refractivity contribution in [2.75, 3.05) is 0 Å². The molecule has 0 bridgehead atoms. The summed E-state index contributed by atoms with van der Waals surface area (Å²) in [4.78, 5) is 4.36. The Bertz CT molecular complexity index is 284. The molecule has 0 aromatic carbocycles. The molecule has 0 aliphatic carbocycles. The summed E-state index contributed by atoms with van der Waals surface area (Å²) in [5, 5.41) is 0. The molecule has 0 saturated carbocycles. The molecule has 1 aromatic heterocycles. The Kier molecular flexibility index (Phi) is 3.88. The average Bonchev–Trinajstić information content (AvgIpc) is 2.08. The summed E-state index contributed by atoms with van der Waals surface area (Å²) in [6.07, 6.45) is 2.86. The van der Waals surface area contributed by atoms with Crippen LogP contribution in [0.25, 0.3) is 0 Å². The minimum absolute atomic E-state index is 0.549. The highest BCUT2D eigenvalue weighted by atomic mass is 79.9. The molecule has 1 rings (SSSR count). The Morgan fingerprint density at radius 3 is 2.69 bits per heavy atom. The Labute approximate surface area is 87.7 Å². The summed E-state index contributed by atoms with van der Waals surface area (Å²) in [5.41, 5.74) is 7.70. The van der Waals surface area contributed by atoms with E-state index in [1.807, 2.05) is 12.3 Å². The first-order valence-corrected chi connectivity index (χ1v) is 5.26. The fourth-order valence-electron chi connectivity index (χ4n) is 1.15. The highest BCUT2D eigenvalue weighted by molar-refractivity contribution is 9.10. The van der Waals surface area contributed by atoms with Gasteiger partial charge in [-0.25, -0.2) is 0 Å². The summed E-state index contributed by atoms with van der Waals surface area (Å²) in [7, 11) is 0. The van der Waals surface area contributed by atoms with Crippen LogP contribution in [0.5, 0.6) is 0 Å². The largest absolute Gasteiger partial charge is 0.326 e. The van der Waals surface area contributed by atoms with Crippen molar-refractivity contribution in [1.29, 1.82) is 0 Å². The number of aromatic nitrogens is 1. The minimum Gasteiger partial charge on any atom is -0.326 e. The third-order valence-corrected chi connectivity index (χ3v) is 2.50. The summed E-state index contributed by atoms with van der Waals surface area (Å²) in [5.74, 6) is 0.632. The highest BCUT2D eigenvalue weighted by Gasteiger charge is 2.04. The van der Waals surface area contributed by atoms with Gasteiger partial charge in [0.05, 0.1) is 5.69 Å². The molecule has 0 amide bonds. The predicted molar refractivity (Wildman–Crippen MR) is 58.4 cm³/mol. The van der Waals surface area contributed by atoms with Crippen LogP contribution in [0, 0.1) is 5.92 Å². The van der Waals surface area contributed by atoms with E-state index in [1.54, 1.807) is 0 Å². The van der Waals surface area contributed by atoms with Crippen molar-refractivity contribution in [3.05, 3.63) is 28.0 Å². The summed E-state index contributed by atoms with van der Waals surface area (Å²) < 4.78 is 1.07. The normalized spacial score (nSPS) is 10.8. The van der Waals surface area contributed by atoms with Gasteiger partial charge in [0.2, 0.25) is 0 Å². The van der Waals surface area contributed by atoms with Crippen molar-refractivity contribution in [2.45, 2.75) is 26.8 Å². The van der Waals surface area contributed by atoms with Crippen LogP contribution in [0.15, 0.2) is 16.7 Å². The lowest BCUT2D eigenvalue weighted by Gasteiger charge is -2.07. The third-order valence-electron chi connectivity index (χ3n) is 1.81. The first-order valence-electron chi connectivity index (χ1n) is 4.47. The van der Waals surface area contributed by atoms with Gasteiger partial charge in [0, 0.05) is 17.2 Å². The van der Waals surface area contributed by atoms with Crippen molar-refractivity contribution in [1.82, 2.24) is 4.98 Å². The lowest BCUT2D eigenvalue weighted by molar-refractivity contribution is 0.632. The first-order chi connectivity index (χ1) is 6.13. The minimum atomic E-state index is 0.549. The van der Waals surface area contributed by atoms with Crippen LogP contribution in [-0.2, 0) is 13.0 Å². The second-order valence-corrected chi connectivity index (χ2v) is 4.43. The van der Waals surface area contributed by atoms with Crippen molar-refractivity contribution in [3.63, 3.8) is 0 Å². The Morgan fingerprint density at radius 2 is 2.23 bits per heavy atom. The SMILES string of the molecule is CC(C)Cc1ncc(CN)cc1Br. The second kappa shape index (κ2) is 4.72. The lowest BCUT2D eigenvalue weighted by atomic mass is 10.1. The van der Waals surface area contributed by atoms with Crippen LogP contribution in [0.1, 0.15) is 25.1 Å². The van der Waals surface area contributed by atoms with Gasteiger partial charge in [0.15, 0.2) is 0 Å². The zero-order chi connectivity index (χ0) is 9.84. The Morgan fingerprint density at radius 1 is 1.54 bits per heavy atom. The maximum absolute atomic E-state index is 5.51. The molecule has 2 nitrogen and oxygen atoms in total. The molecule has 2 N–H and O–H groups in total. The molecule has 0 unspecified atom stereocenters. The fourth-order valence-corrected chi connectivity index (χ4v) is 1.71. The molecule has 1 heterocycles. The van der Waals surface area contributed by atoms with E-state index in [2.05, 4.69) is 34.8 Å². The maximum atomic E-state index is 5.51. The number of rotatable bonds is 3. The maximum Gasteiger partial charge on any atom is 0.0548 e. The van der Waals surface area contributed by atoms with Gasteiger partial charge in [-0.3, -0.25) is 4.98 Å². The number of pyridine rings is 1. The van der Waals surface area contributed by atoms with Gasteiger partial charge >= 0.3 is 0 Å². The van der Waals surface area contributed by atoms with Crippen molar-refractivity contribution < 1.29 is 0 Å². The molecular formula is C10H15BrN2. The molecule has 13 heavy (non-hydrogen) atoms. The summed E-state index contributed by atoms with van der Waals surface area (Å²) >= 11 is 3.50. The van der Waals surface area contributed by atoms with E-state index in [9.17, 15) is 0 Å². The molecule has 0 atom stereocenters. The monoisotopic (exact) mass is 242 g/mol. The smallest absolute Gasteiger partial charge is 0.0548 e. The third kappa shape index (κ3) is 3.08. The molecule has 0 radical (unpaired) electrons. The van der Waals surface area contributed by atoms with Gasteiger partial charge in [-0.1, -0.05) is 13.8 Å².